The average molecular weight is 364 g/mol. The Labute approximate surface area is 161 Å². The summed E-state index contributed by atoms with van der Waals surface area (Å²) in [4.78, 5) is 0. The molecule has 27 heavy (non-hydrogen) atoms. The van der Waals surface area contributed by atoms with Crippen molar-refractivity contribution in [1.29, 1.82) is 0 Å². The van der Waals surface area contributed by atoms with Crippen LogP contribution in [0.2, 0.25) is 0 Å². The predicted molar refractivity (Wildman–Crippen MR) is 108 cm³/mol. The third-order valence-corrected chi connectivity index (χ3v) is 4.59. The molecule has 0 saturated carbocycles. The Hall–Kier alpha value is -2.59. The summed E-state index contributed by atoms with van der Waals surface area (Å²) in [6.45, 7) is 8.86. The first-order valence-electron chi connectivity index (χ1n) is 9.51. The molecule has 1 unspecified atom stereocenters. The molecule has 0 radical (unpaired) electrons. The van der Waals surface area contributed by atoms with E-state index in [1.807, 2.05) is 65.3 Å². The number of ether oxygens (including phenoxy) is 1. The molecule has 0 fully saturated rings. The van der Waals surface area contributed by atoms with Gasteiger partial charge in [-0.15, -0.1) is 5.10 Å². The van der Waals surface area contributed by atoms with Gasteiger partial charge in [-0.2, -0.15) is 0 Å². The molecule has 1 atom stereocenters. The van der Waals surface area contributed by atoms with Crippen molar-refractivity contribution in [3.05, 3.63) is 83.0 Å². The lowest BCUT2D eigenvalue weighted by Crippen LogP contribution is -2.11. The lowest BCUT2D eigenvalue weighted by molar-refractivity contribution is 0.207. The summed E-state index contributed by atoms with van der Waals surface area (Å²) in [5.41, 5.74) is 3.69. The summed E-state index contributed by atoms with van der Waals surface area (Å²) >= 11 is 0. The zero-order valence-electron chi connectivity index (χ0n) is 16.5. The minimum absolute atomic E-state index is 0.179. The van der Waals surface area contributed by atoms with Gasteiger partial charge in [0.15, 0.2) is 0 Å². The van der Waals surface area contributed by atoms with Gasteiger partial charge in [-0.1, -0.05) is 74.5 Å². The molecule has 3 rings (SSSR count). The van der Waals surface area contributed by atoms with Crippen LogP contribution in [0.15, 0.2) is 60.7 Å². The number of hydrogen-bond acceptors (Lipinski definition) is 3. The lowest BCUT2D eigenvalue weighted by Gasteiger charge is -2.18. The fourth-order valence-electron chi connectivity index (χ4n) is 3.30. The number of aliphatic hydroxyl groups excluding tert-OH is 1. The summed E-state index contributed by atoms with van der Waals surface area (Å²) in [7, 11) is 0. The van der Waals surface area contributed by atoms with Gasteiger partial charge in [-0.3, -0.25) is 4.68 Å². The maximum absolute atomic E-state index is 11.2. The first-order chi connectivity index (χ1) is 13.0. The van der Waals surface area contributed by atoms with E-state index in [0.717, 1.165) is 22.4 Å². The van der Waals surface area contributed by atoms with Gasteiger partial charge in [0.25, 0.3) is 0 Å². The molecule has 0 aliphatic heterocycles. The molecule has 3 aromatic rings. The van der Waals surface area contributed by atoms with E-state index in [1.165, 1.54) is 0 Å². The van der Waals surface area contributed by atoms with Gasteiger partial charge in [0.05, 0.1) is 11.3 Å². The standard InChI is InChI=1S/C23H28N2O2/c1-16(2)21-20(22(26)19-13-9-6-10-14-19)23(24-25(21)17(3)4)27-15-18-11-7-5-8-12-18/h5-14,16-17,22,26H,15H2,1-4H3. The normalized spacial score (nSPS) is 12.6. The summed E-state index contributed by atoms with van der Waals surface area (Å²) in [6, 6.07) is 19.9. The van der Waals surface area contributed by atoms with Gasteiger partial charge in [-0.25, -0.2) is 0 Å². The van der Waals surface area contributed by atoms with Crippen molar-refractivity contribution in [2.45, 2.75) is 52.4 Å². The second-order valence-electron chi connectivity index (χ2n) is 7.38. The van der Waals surface area contributed by atoms with Crippen LogP contribution in [0.25, 0.3) is 0 Å². The van der Waals surface area contributed by atoms with Crippen molar-refractivity contribution in [2.24, 2.45) is 0 Å². The zero-order chi connectivity index (χ0) is 19.4. The topological polar surface area (TPSA) is 47.3 Å². The Morgan fingerprint density at radius 3 is 2.07 bits per heavy atom. The van der Waals surface area contributed by atoms with Gasteiger partial charge < -0.3 is 9.84 Å². The Morgan fingerprint density at radius 2 is 1.52 bits per heavy atom. The van der Waals surface area contributed by atoms with Crippen LogP contribution in [0.4, 0.5) is 0 Å². The van der Waals surface area contributed by atoms with Crippen molar-refractivity contribution in [3.63, 3.8) is 0 Å². The molecule has 0 saturated heterocycles. The third kappa shape index (κ3) is 4.22. The Balaban J connectivity index is 2.04. The van der Waals surface area contributed by atoms with E-state index in [1.54, 1.807) is 0 Å². The van der Waals surface area contributed by atoms with Crippen LogP contribution in [0.1, 0.15) is 68.1 Å². The van der Waals surface area contributed by atoms with Gasteiger partial charge in [0.1, 0.15) is 12.7 Å². The van der Waals surface area contributed by atoms with E-state index in [4.69, 9.17) is 9.84 Å². The fourth-order valence-corrected chi connectivity index (χ4v) is 3.30. The van der Waals surface area contributed by atoms with E-state index >= 15 is 0 Å². The van der Waals surface area contributed by atoms with Gasteiger partial charge in [0.2, 0.25) is 5.88 Å². The fraction of sp³-hybridized carbons (Fsp3) is 0.348. The molecular weight excluding hydrogens is 336 g/mol. The number of rotatable bonds is 7. The van der Waals surface area contributed by atoms with Crippen LogP contribution in [0.5, 0.6) is 5.88 Å². The van der Waals surface area contributed by atoms with E-state index < -0.39 is 6.10 Å². The number of aliphatic hydroxyl groups is 1. The molecule has 2 aromatic carbocycles. The van der Waals surface area contributed by atoms with Gasteiger partial charge in [0, 0.05) is 6.04 Å². The summed E-state index contributed by atoms with van der Waals surface area (Å²) in [5.74, 6) is 0.718. The first-order valence-corrected chi connectivity index (χ1v) is 9.51. The van der Waals surface area contributed by atoms with Gasteiger partial charge >= 0.3 is 0 Å². The number of hydrogen-bond donors (Lipinski definition) is 1. The van der Waals surface area contributed by atoms with Crippen molar-refractivity contribution < 1.29 is 9.84 Å². The zero-order valence-corrected chi connectivity index (χ0v) is 16.5. The lowest BCUT2D eigenvalue weighted by atomic mass is 9.96. The number of nitrogens with zero attached hydrogens (tertiary/aromatic N) is 2. The smallest absolute Gasteiger partial charge is 0.239 e. The third-order valence-electron chi connectivity index (χ3n) is 4.59. The molecule has 0 spiro atoms. The molecule has 4 nitrogen and oxygen atoms in total. The van der Waals surface area contributed by atoms with E-state index in [9.17, 15) is 5.11 Å². The maximum atomic E-state index is 11.2. The first kappa shape index (κ1) is 19.2. The highest BCUT2D eigenvalue weighted by molar-refractivity contribution is 5.41. The van der Waals surface area contributed by atoms with Crippen molar-refractivity contribution >= 4 is 0 Å². The SMILES string of the molecule is CC(C)c1c(C(O)c2ccccc2)c(OCc2ccccc2)nn1C(C)C. The number of aromatic nitrogens is 2. The molecule has 1 heterocycles. The van der Waals surface area contributed by atoms with Crippen LogP contribution in [-0.2, 0) is 6.61 Å². The summed E-state index contributed by atoms with van der Waals surface area (Å²) in [6.07, 6.45) is -0.776. The van der Waals surface area contributed by atoms with Crippen LogP contribution >= 0.6 is 0 Å². The summed E-state index contributed by atoms with van der Waals surface area (Å²) in [5, 5.41) is 15.9. The van der Waals surface area contributed by atoms with Crippen LogP contribution in [-0.4, -0.2) is 14.9 Å². The van der Waals surface area contributed by atoms with Crippen molar-refractivity contribution in [2.75, 3.05) is 0 Å². The monoisotopic (exact) mass is 364 g/mol. The van der Waals surface area contributed by atoms with E-state index in [2.05, 4.69) is 27.7 Å². The highest BCUT2D eigenvalue weighted by Crippen LogP contribution is 2.37. The van der Waals surface area contributed by atoms with E-state index in [-0.39, 0.29) is 12.0 Å². The quantitative estimate of drug-likeness (QED) is 0.623. The molecule has 0 bridgehead atoms. The molecule has 1 N–H and O–H groups in total. The molecule has 1 aromatic heterocycles. The van der Waals surface area contributed by atoms with E-state index in [0.29, 0.717) is 12.5 Å². The molecular formula is C23H28N2O2. The highest BCUT2D eigenvalue weighted by atomic mass is 16.5. The molecule has 0 aliphatic rings. The molecule has 4 heteroatoms. The average Bonchev–Trinajstić information content (AvgIpc) is 3.07. The minimum atomic E-state index is -0.776. The molecule has 142 valence electrons. The second kappa shape index (κ2) is 8.40. The van der Waals surface area contributed by atoms with Crippen molar-refractivity contribution in [1.82, 2.24) is 9.78 Å². The largest absolute Gasteiger partial charge is 0.471 e. The Morgan fingerprint density at radius 1 is 0.926 bits per heavy atom. The van der Waals surface area contributed by atoms with Crippen molar-refractivity contribution in [3.8, 4) is 5.88 Å². The summed E-state index contributed by atoms with van der Waals surface area (Å²) < 4.78 is 8.07. The van der Waals surface area contributed by atoms with Crippen LogP contribution in [0.3, 0.4) is 0 Å². The van der Waals surface area contributed by atoms with Gasteiger partial charge in [-0.05, 0) is 30.9 Å². The number of benzene rings is 2. The predicted octanol–water partition coefficient (Wildman–Crippen LogP) is 5.25. The highest BCUT2D eigenvalue weighted by Gasteiger charge is 2.28. The Kier molecular flexibility index (Phi) is 5.97. The maximum Gasteiger partial charge on any atom is 0.239 e. The minimum Gasteiger partial charge on any atom is -0.471 e. The van der Waals surface area contributed by atoms with Crippen LogP contribution < -0.4 is 4.74 Å². The van der Waals surface area contributed by atoms with Crippen LogP contribution in [0, 0.1) is 0 Å². The molecule has 0 amide bonds. The second-order valence-corrected chi connectivity index (χ2v) is 7.38. The molecule has 0 aliphatic carbocycles. The Bertz CT molecular complexity index is 855.